The summed E-state index contributed by atoms with van der Waals surface area (Å²) in [5, 5.41) is 18.4. The Morgan fingerprint density at radius 3 is 2.28 bits per heavy atom. The van der Waals surface area contributed by atoms with Crippen molar-refractivity contribution in [2.45, 2.75) is 13.0 Å². The van der Waals surface area contributed by atoms with Gasteiger partial charge in [-0.3, -0.25) is 14.2 Å². The highest BCUT2D eigenvalue weighted by Crippen LogP contribution is 2.24. The number of aliphatic carboxylic acids is 1. The van der Waals surface area contributed by atoms with Crippen LogP contribution in [0.1, 0.15) is 12.0 Å². The highest BCUT2D eigenvalue weighted by molar-refractivity contribution is 7.99. The average molecular weight is 405 g/mol. The molecule has 0 spiro atoms. The first-order chi connectivity index (χ1) is 14.1. The van der Waals surface area contributed by atoms with Crippen molar-refractivity contribution in [1.29, 1.82) is 5.26 Å². The van der Waals surface area contributed by atoms with Crippen molar-refractivity contribution in [2.75, 3.05) is 11.5 Å². The zero-order valence-electron chi connectivity index (χ0n) is 15.6. The van der Waals surface area contributed by atoms with E-state index in [0.717, 1.165) is 5.56 Å². The van der Waals surface area contributed by atoms with Crippen molar-refractivity contribution in [3.8, 4) is 28.7 Å². The lowest BCUT2D eigenvalue weighted by Crippen LogP contribution is -2.27. The van der Waals surface area contributed by atoms with Gasteiger partial charge in [0.15, 0.2) is 0 Å². The molecule has 0 amide bonds. The zero-order chi connectivity index (χ0) is 20.6. The van der Waals surface area contributed by atoms with E-state index in [-0.39, 0.29) is 16.9 Å². The van der Waals surface area contributed by atoms with E-state index in [9.17, 15) is 14.9 Å². The molecule has 3 aromatic rings. The summed E-state index contributed by atoms with van der Waals surface area (Å²) in [4.78, 5) is 28.5. The first-order valence-electron chi connectivity index (χ1n) is 9.07. The molecular formula is C22H19N3O3S. The Labute approximate surface area is 172 Å². The van der Waals surface area contributed by atoms with Gasteiger partial charge >= 0.3 is 5.97 Å². The number of carboxylic acid groups (broad SMARTS) is 1. The average Bonchev–Trinajstić information content (AvgIpc) is 2.75. The van der Waals surface area contributed by atoms with Crippen LogP contribution in [0.15, 0.2) is 65.5 Å². The summed E-state index contributed by atoms with van der Waals surface area (Å²) in [5.41, 5.74) is 1.48. The maximum Gasteiger partial charge on any atom is 0.313 e. The van der Waals surface area contributed by atoms with Crippen LogP contribution in [-0.2, 0) is 11.3 Å². The lowest BCUT2D eigenvalue weighted by atomic mass is 10.1. The van der Waals surface area contributed by atoms with Gasteiger partial charge in [0.2, 0.25) is 0 Å². The van der Waals surface area contributed by atoms with Crippen molar-refractivity contribution in [1.82, 2.24) is 9.55 Å². The number of aromatic nitrogens is 2. The molecule has 0 unspecified atom stereocenters. The molecule has 0 fully saturated rings. The molecule has 0 saturated heterocycles. The van der Waals surface area contributed by atoms with Crippen LogP contribution in [0.3, 0.4) is 0 Å². The van der Waals surface area contributed by atoms with Crippen LogP contribution in [0.5, 0.6) is 0 Å². The first-order valence-corrected chi connectivity index (χ1v) is 10.2. The number of carboxylic acids is 1. The number of thioether (sulfide) groups is 1. The Kier molecular flexibility index (Phi) is 6.82. The molecule has 1 N–H and O–H groups in total. The van der Waals surface area contributed by atoms with Crippen molar-refractivity contribution < 1.29 is 9.90 Å². The molecule has 3 rings (SSSR count). The number of rotatable bonds is 8. The molecule has 0 aliphatic heterocycles. The van der Waals surface area contributed by atoms with Crippen LogP contribution in [0.25, 0.3) is 22.6 Å². The zero-order valence-corrected chi connectivity index (χ0v) is 16.4. The van der Waals surface area contributed by atoms with E-state index < -0.39 is 5.97 Å². The number of nitrogens with zero attached hydrogens (tertiary/aromatic N) is 3. The highest BCUT2D eigenvalue weighted by Gasteiger charge is 2.18. The van der Waals surface area contributed by atoms with Gasteiger partial charge < -0.3 is 5.11 Å². The normalized spacial score (nSPS) is 10.4. The number of carbonyl (C=O) groups is 1. The van der Waals surface area contributed by atoms with Crippen LogP contribution in [-0.4, -0.2) is 32.1 Å². The minimum atomic E-state index is -0.863. The maximum absolute atomic E-state index is 13.2. The van der Waals surface area contributed by atoms with Gasteiger partial charge in [-0.25, -0.2) is 4.98 Å². The van der Waals surface area contributed by atoms with Gasteiger partial charge in [-0.1, -0.05) is 60.7 Å². The van der Waals surface area contributed by atoms with Crippen LogP contribution < -0.4 is 5.56 Å². The highest BCUT2D eigenvalue weighted by atomic mass is 32.2. The maximum atomic E-state index is 13.2. The van der Waals surface area contributed by atoms with E-state index in [2.05, 4.69) is 0 Å². The summed E-state index contributed by atoms with van der Waals surface area (Å²) in [7, 11) is 0. The Hall–Kier alpha value is -3.37. The van der Waals surface area contributed by atoms with E-state index in [1.165, 1.54) is 16.3 Å². The lowest BCUT2D eigenvalue weighted by Gasteiger charge is -2.15. The summed E-state index contributed by atoms with van der Waals surface area (Å²) in [6.45, 7) is 0.354. The molecule has 7 heteroatoms. The van der Waals surface area contributed by atoms with Gasteiger partial charge in [0.25, 0.3) is 5.56 Å². The molecule has 1 aromatic heterocycles. The van der Waals surface area contributed by atoms with Crippen molar-refractivity contribution in [3.05, 3.63) is 76.6 Å². The van der Waals surface area contributed by atoms with Crippen LogP contribution in [0.4, 0.5) is 0 Å². The Balaban J connectivity index is 2.05. The smallest absolute Gasteiger partial charge is 0.313 e. The summed E-state index contributed by atoms with van der Waals surface area (Å²) >= 11 is 1.30. The first kappa shape index (κ1) is 20.4. The fraction of sp³-hybridized carbons (Fsp3) is 0.182. The topological polar surface area (TPSA) is 96.0 Å². The quantitative estimate of drug-likeness (QED) is 0.575. The Morgan fingerprint density at radius 2 is 1.69 bits per heavy atom. The van der Waals surface area contributed by atoms with Gasteiger partial charge in [-0.2, -0.15) is 17.0 Å². The van der Waals surface area contributed by atoms with Gasteiger partial charge in [-0.05, 0) is 12.2 Å². The molecule has 2 aromatic carbocycles. The van der Waals surface area contributed by atoms with Crippen molar-refractivity contribution in [3.63, 3.8) is 0 Å². The molecule has 146 valence electrons. The van der Waals surface area contributed by atoms with Gasteiger partial charge in [0.05, 0.1) is 11.4 Å². The number of hydrogen-bond acceptors (Lipinski definition) is 5. The van der Waals surface area contributed by atoms with Gasteiger partial charge in [0.1, 0.15) is 17.5 Å². The van der Waals surface area contributed by atoms with Crippen LogP contribution >= 0.6 is 11.8 Å². The summed E-state index contributed by atoms with van der Waals surface area (Å²) in [5.74, 6) is 0.249. The number of nitriles is 1. The SMILES string of the molecule is N#Cc1c(-c2ccccc2)nc(-c2ccccc2)n(CCCSCC(=O)O)c1=O. The predicted molar refractivity (Wildman–Crippen MR) is 114 cm³/mol. The molecule has 1 heterocycles. The molecule has 0 atom stereocenters. The minimum absolute atomic E-state index is 0.00840. The van der Waals surface area contributed by atoms with Crippen molar-refractivity contribution >= 4 is 17.7 Å². The third kappa shape index (κ3) is 4.92. The lowest BCUT2D eigenvalue weighted by molar-refractivity contribution is -0.133. The second-order valence-corrected chi connectivity index (χ2v) is 7.36. The summed E-state index contributed by atoms with van der Waals surface area (Å²) in [6.07, 6.45) is 0.592. The molecule has 6 nitrogen and oxygen atoms in total. The summed E-state index contributed by atoms with van der Waals surface area (Å²) in [6, 6.07) is 20.6. The molecule has 0 saturated carbocycles. The van der Waals surface area contributed by atoms with E-state index in [4.69, 9.17) is 10.1 Å². The Bertz CT molecular complexity index is 1090. The molecule has 0 bridgehead atoms. The molecule has 0 radical (unpaired) electrons. The molecule has 0 aliphatic carbocycles. The third-order valence-electron chi connectivity index (χ3n) is 4.26. The Morgan fingerprint density at radius 1 is 1.07 bits per heavy atom. The monoisotopic (exact) mass is 405 g/mol. The second-order valence-electron chi connectivity index (χ2n) is 6.26. The largest absolute Gasteiger partial charge is 0.481 e. The van der Waals surface area contributed by atoms with E-state index >= 15 is 0 Å². The fourth-order valence-corrected chi connectivity index (χ4v) is 3.61. The van der Waals surface area contributed by atoms with E-state index in [0.29, 0.717) is 35.8 Å². The van der Waals surface area contributed by atoms with Gasteiger partial charge in [-0.15, -0.1) is 0 Å². The molecular weight excluding hydrogens is 386 g/mol. The standard InChI is InChI=1S/C22H19N3O3S/c23-14-18-20(16-8-3-1-4-9-16)24-21(17-10-5-2-6-11-17)25(22(18)28)12-7-13-29-15-19(26)27/h1-6,8-11H,7,12-13,15H2,(H,26,27). The fourth-order valence-electron chi connectivity index (χ4n) is 2.96. The van der Waals surface area contributed by atoms with Gasteiger partial charge in [0, 0.05) is 17.7 Å². The van der Waals surface area contributed by atoms with Crippen LogP contribution in [0.2, 0.25) is 0 Å². The van der Waals surface area contributed by atoms with E-state index in [1.807, 2.05) is 66.7 Å². The second kappa shape index (κ2) is 9.71. The van der Waals surface area contributed by atoms with Crippen molar-refractivity contribution in [2.24, 2.45) is 0 Å². The van der Waals surface area contributed by atoms with Crippen LogP contribution in [0, 0.1) is 11.3 Å². The number of benzene rings is 2. The predicted octanol–water partition coefficient (Wildman–Crippen LogP) is 3.66. The molecule has 29 heavy (non-hydrogen) atoms. The number of hydrogen-bond donors (Lipinski definition) is 1. The summed E-state index contributed by atoms with van der Waals surface area (Å²) < 4.78 is 1.52. The van der Waals surface area contributed by atoms with E-state index in [1.54, 1.807) is 0 Å². The minimum Gasteiger partial charge on any atom is -0.481 e. The third-order valence-corrected chi connectivity index (χ3v) is 5.28. The molecule has 0 aliphatic rings.